The number of carbonyl (C=O) groups is 2. The minimum atomic E-state index is -0.264. The van der Waals surface area contributed by atoms with Crippen LogP contribution in [-0.4, -0.2) is 23.1 Å². The topological polar surface area (TPSA) is 52.6 Å². The molecular formula is C22H28O4. The van der Waals surface area contributed by atoms with Crippen LogP contribution in [0.3, 0.4) is 0 Å². The first kappa shape index (κ1) is 15.7. The van der Waals surface area contributed by atoms with E-state index in [0.29, 0.717) is 0 Å². The Morgan fingerprint density at radius 2 is 1.08 bits per heavy atom. The first-order chi connectivity index (χ1) is 12.7. The van der Waals surface area contributed by atoms with Crippen LogP contribution < -0.4 is 0 Å². The van der Waals surface area contributed by atoms with Crippen molar-refractivity contribution in [2.24, 2.45) is 35.5 Å². The minimum absolute atomic E-state index is 0.00222. The summed E-state index contributed by atoms with van der Waals surface area (Å²) in [4.78, 5) is 25.9. The van der Waals surface area contributed by atoms with Gasteiger partial charge in [-0.2, -0.15) is 0 Å². The summed E-state index contributed by atoms with van der Waals surface area (Å²) in [6.45, 7) is 0. The van der Waals surface area contributed by atoms with Gasteiger partial charge in [0.05, 0.1) is 11.8 Å². The fourth-order valence-corrected chi connectivity index (χ4v) is 7.95. The maximum Gasteiger partial charge on any atom is 0.310 e. The van der Waals surface area contributed by atoms with Crippen molar-refractivity contribution >= 4 is 11.9 Å². The quantitative estimate of drug-likeness (QED) is 0.489. The van der Waals surface area contributed by atoms with Crippen molar-refractivity contribution in [1.82, 2.24) is 0 Å². The van der Waals surface area contributed by atoms with Crippen molar-refractivity contribution in [1.29, 1.82) is 0 Å². The van der Waals surface area contributed by atoms with Gasteiger partial charge in [0.15, 0.2) is 0 Å². The molecule has 2 unspecified atom stereocenters. The van der Waals surface area contributed by atoms with Gasteiger partial charge in [-0.1, -0.05) is 25.0 Å². The third-order valence-electron chi connectivity index (χ3n) is 8.75. The van der Waals surface area contributed by atoms with Gasteiger partial charge in [0.1, 0.15) is 11.2 Å². The Balaban J connectivity index is 1.46. The Morgan fingerprint density at radius 1 is 0.654 bits per heavy atom. The van der Waals surface area contributed by atoms with Crippen LogP contribution in [0.4, 0.5) is 0 Å². The summed E-state index contributed by atoms with van der Waals surface area (Å²) >= 11 is 0. The van der Waals surface area contributed by atoms with Gasteiger partial charge in [0.25, 0.3) is 0 Å². The third kappa shape index (κ3) is 1.77. The standard InChI is InChI=1S/C22H28O4/c23-19-15-13-7-8-14(17(15)21(25-19)9-3-1-4-10-21)18-16(13)20(24)26-22(18)11-5-2-6-12-22/h7-8,13-18H,1-6,9-12H2/t13?,14?,15-,16+,17+,18-. The zero-order valence-electron chi connectivity index (χ0n) is 15.3. The summed E-state index contributed by atoms with van der Waals surface area (Å²) in [5.74, 6) is 0.492. The molecule has 2 heterocycles. The normalized spacial score (nSPS) is 46.9. The van der Waals surface area contributed by atoms with Crippen LogP contribution in [0.15, 0.2) is 12.2 Å². The molecule has 2 bridgehead atoms. The number of esters is 2. The Morgan fingerprint density at radius 3 is 1.54 bits per heavy atom. The number of hydrogen-bond acceptors (Lipinski definition) is 4. The zero-order chi connectivity index (χ0) is 17.5. The van der Waals surface area contributed by atoms with E-state index in [1.54, 1.807) is 0 Å². The van der Waals surface area contributed by atoms with Crippen LogP contribution in [0.2, 0.25) is 0 Å². The lowest BCUT2D eigenvalue weighted by molar-refractivity contribution is -0.156. The van der Waals surface area contributed by atoms with E-state index in [4.69, 9.17) is 9.47 Å². The first-order valence-electron chi connectivity index (χ1n) is 10.8. The van der Waals surface area contributed by atoms with Gasteiger partial charge in [-0.05, 0) is 57.3 Å². The maximum atomic E-state index is 12.9. The lowest BCUT2D eigenvalue weighted by atomic mass is 9.47. The molecule has 26 heavy (non-hydrogen) atoms. The van der Waals surface area contributed by atoms with Gasteiger partial charge >= 0.3 is 11.9 Å². The van der Waals surface area contributed by atoms with E-state index in [1.807, 2.05) is 0 Å². The van der Waals surface area contributed by atoms with E-state index in [2.05, 4.69) is 12.2 Å². The van der Waals surface area contributed by atoms with Crippen molar-refractivity contribution in [3.05, 3.63) is 12.2 Å². The van der Waals surface area contributed by atoms with Crippen molar-refractivity contribution in [2.45, 2.75) is 75.4 Å². The lowest BCUT2D eigenvalue weighted by Crippen LogP contribution is -2.57. The molecule has 7 aliphatic rings. The predicted molar refractivity (Wildman–Crippen MR) is 93.9 cm³/mol. The van der Waals surface area contributed by atoms with Crippen LogP contribution in [0.25, 0.3) is 0 Å². The highest BCUT2D eigenvalue weighted by Gasteiger charge is 2.73. The zero-order valence-corrected chi connectivity index (χ0v) is 15.3. The fourth-order valence-electron chi connectivity index (χ4n) is 7.95. The minimum Gasteiger partial charge on any atom is -0.458 e. The largest absolute Gasteiger partial charge is 0.458 e. The van der Waals surface area contributed by atoms with Gasteiger partial charge < -0.3 is 9.47 Å². The Labute approximate surface area is 154 Å². The number of rotatable bonds is 0. The smallest absolute Gasteiger partial charge is 0.310 e. The van der Waals surface area contributed by atoms with Crippen molar-refractivity contribution in [3.8, 4) is 0 Å². The summed E-state index contributed by atoms with van der Waals surface area (Å²) in [6.07, 6.45) is 15.7. The van der Waals surface area contributed by atoms with Crippen LogP contribution >= 0.6 is 0 Å². The molecule has 7 rings (SSSR count). The highest BCUT2D eigenvalue weighted by atomic mass is 16.6. The molecule has 0 aromatic heterocycles. The molecule has 5 aliphatic carbocycles. The highest BCUT2D eigenvalue weighted by molar-refractivity contribution is 5.83. The SMILES string of the molecule is O=C1OC2(CCCCC2)[C@H]2C3C=CC([C@@H]12)[C@@H]1C(=O)OC2(CCCCC2)[C@H]31. The van der Waals surface area contributed by atoms with E-state index in [0.717, 1.165) is 51.4 Å². The Hall–Kier alpha value is -1.32. The van der Waals surface area contributed by atoms with E-state index in [-0.39, 0.29) is 58.6 Å². The van der Waals surface area contributed by atoms with Crippen molar-refractivity contribution in [2.75, 3.05) is 0 Å². The summed E-state index contributed by atoms with van der Waals surface area (Å²) in [5, 5.41) is 0. The van der Waals surface area contributed by atoms with Gasteiger partial charge in [0.2, 0.25) is 0 Å². The molecule has 4 nitrogen and oxygen atoms in total. The van der Waals surface area contributed by atoms with Gasteiger partial charge in [-0.15, -0.1) is 0 Å². The summed E-state index contributed by atoms with van der Waals surface area (Å²) < 4.78 is 12.3. The second kappa shape index (κ2) is 5.14. The van der Waals surface area contributed by atoms with Crippen LogP contribution in [-0.2, 0) is 19.1 Å². The average Bonchev–Trinajstić information content (AvgIpc) is 3.12. The van der Waals surface area contributed by atoms with E-state index in [9.17, 15) is 9.59 Å². The molecular weight excluding hydrogens is 328 g/mol. The highest BCUT2D eigenvalue weighted by Crippen LogP contribution is 2.67. The second-order valence-corrected chi connectivity index (χ2v) is 9.74. The van der Waals surface area contributed by atoms with Crippen molar-refractivity contribution < 1.29 is 19.1 Å². The van der Waals surface area contributed by atoms with E-state index >= 15 is 0 Å². The molecule has 2 aliphatic heterocycles. The summed E-state index contributed by atoms with van der Waals surface area (Å²) in [7, 11) is 0. The number of ether oxygens (including phenoxy) is 2. The monoisotopic (exact) mass is 356 g/mol. The molecule has 4 heteroatoms. The third-order valence-corrected chi connectivity index (χ3v) is 8.75. The fraction of sp³-hybridized carbons (Fsp3) is 0.818. The van der Waals surface area contributed by atoms with Gasteiger partial charge in [-0.25, -0.2) is 0 Å². The lowest BCUT2D eigenvalue weighted by Gasteiger charge is -2.54. The van der Waals surface area contributed by atoms with Gasteiger partial charge in [0, 0.05) is 17.8 Å². The number of allylic oxidation sites excluding steroid dienone is 2. The van der Waals surface area contributed by atoms with E-state index < -0.39 is 0 Å². The van der Waals surface area contributed by atoms with Gasteiger partial charge in [-0.3, -0.25) is 9.59 Å². The summed E-state index contributed by atoms with van der Waals surface area (Å²) in [6, 6.07) is 0. The van der Waals surface area contributed by atoms with Crippen LogP contribution in [0.5, 0.6) is 0 Å². The van der Waals surface area contributed by atoms with Crippen LogP contribution in [0.1, 0.15) is 64.2 Å². The molecule has 3 saturated carbocycles. The Kier molecular flexibility index (Phi) is 3.11. The number of carbonyl (C=O) groups excluding carboxylic acids is 2. The second-order valence-electron chi connectivity index (χ2n) is 9.74. The molecule has 5 fully saturated rings. The molecule has 140 valence electrons. The Bertz CT molecular complexity index is 630. The van der Waals surface area contributed by atoms with Crippen LogP contribution in [0, 0.1) is 35.5 Å². The molecule has 2 saturated heterocycles. The molecule has 0 aromatic rings. The molecule has 0 N–H and O–H groups in total. The number of hydrogen-bond donors (Lipinski definition) is 0. The molecule has 0 aromatic carbocycles. The average molecular weight is 356 g/mol. The maximum absolute atomic E-state index is 12.9. The summed E-state index contributed by atoms with van der Waals surface area (Å²) in [5.41, 5.74) is -0.527. The molecule has 2 spiro atoms. The predicted octanol–water partition coefficient (Wildman–Crippen LogP) is 3.79. The van der Waals surface area contributed by atoms with E-state index in [1.165, 1.54) is 12.8 Å². The molecule has 0 amide bonds. The first-order valence-corrected chi connectivity index (χ1v) is 10.8. The molecule has 0 radical (unpaired) electrons. The van der Waals surface area contributed by atoms with Crippen molar-refractivity contribution in [3.63, 3.8) is 0 Å². The molecule has 6 atom stereocenters.